The summed E-state index contributed by atoms with van der Waals surface area (Å²) in [5.74, 6) is 1.04. The molecule has 3 heteroatoms. The first-order valence-electron chi connectivity index (χ1n) is 5.65. The van der Waals surface area contributed by atoms with Crippen molar-refractivity contribution >= 4 is 11.3 Å². The zero-order valence-corrected chi connectivity index (χ0v) is 11.1. The van der Waals surface area contributed by atoms with Gasteiger partial charge in [-0.05, 0) is 30.9 Å². The molecule has 0 bridgehead atoms. The summed E-state index contributed by atoms with van der Waals surface area (Å²) in [6.07, 6.45) is 5.03. The fourth-order valence-corrected chi connectivity index (χ4v) is 2.82. The maximum Gasteiger partial charge on any atom is 0.110 e. The summed E-state index contributed by atoms with van der Waals surface area (Å²) in [6.45, 7) is 8.86. The predicted molar refractivity (Wildman–Crippen MR) is 69.5 cm³/mol. The number of hydrogen-bond acceptors (Lipinski definition) is 2. The van der Waals surface area contributed by atoms with Crippen molar-refractivity contribution in [3.8, 4) is 5.00 Å². The highest BCUT2D eigenvalue weighted by Crippen LogP contribution is 2.34. The van der Waals surface area contributed by atoms with Crippen LogP contribution in [0.1, 0.15) is 37.9 Å². The Kier molecular flexibility index (Phi) is 2.89. The summed E-state index contributed by atoms with van der Waals surface area (Å²) in [5.41, 5.74) is 0.275. The molecule has 0 aliphatic rings. The van der Waals surface area contributed by atoms with Gasteiger partial charge in [0.25, 0.3) is 0 Å². The summed E-state index contributed by atoms with van der Waals surface area (Å²) in [4.78, 5) is 5.70. The van der Waals surface area contributed by atoms with E-state index in [0.717, 1.165) is 12.2 Å². The van der Waals surface area contributed by atoms with Gasteiger partial charge in [0.05, 0.1) is 0 Å². The highest BCUT2D eigenvalue weighted by atomic mass is 32.1. The lowest BCUT2D eigenvalue weighted by Crippen LogP contribution is -2.12. The van der Waals surface area contributed by atoms with Gasteiger partial charge in [-0.2, -0.15) is 0 Å². The maximum atomic E-state index is 4.25. The van der Waals surface area contributed by atoms with Crippen molar-refractivity contribution < 1.29 is 0 Å². The molecule has 0 N–H and O–H groups in total. The molecule has 0 amide bonds. The Morgan fingerprint density at radius 2 is 2.12 bits per heavy atom. The van der Waals surface area contributed by atoms with Crippen LogP contribution in [0.15, 0.2) is 24.5 Å². The van der Waals surface area contributed by atoms with Crippen LogP contribution < -0.4 is 0 Å². The lowest BCUT2D eigenvalue weighted by molar-refractivity contribution is 0.517. The van der Waals surface area contributed by atoms with Gasteiger partial charge < -0.3 is 0 Å². The molecule has 0 saturated heterocycles. The molecule has 2 heterocycles. The van der Waals surface area contributed by atoms with Gasteiger partial charge in [0.2, 0.25) is 0 Å². The van der Waals surface area contributed by atoms with Crippen molar-refractivity contribution in [1.82, 2.24) is 9.55 Å². The summed E-state index contributed by atoms with van der Waals surface area (Å²) in [5, 5.41) is 1.26. The summed E-state index contributed by atoms with van der Waals surface area (Å²) in [7, 11) is 0. The van der Waals surface area contributed by atoms with Crippen LogP contribution in [0, 0.1) is 6.92 Å². The van der Waals surface area contributed by atoms with Gasteiger partial charge in [0.1, 0.15) is 10.8 Å². The first-order valence-corrected chi connectivity index (χ1v) is 6.47. The minimum Gasteiger partial charge on any atom is -0.295 e. The Morgan fingerprint density at radius 3 is 2.69 bits per heavy atom. The number of hydrogen-bond donors (Lipinski definition) is 0. The molecule has 0 spiro atoms. The second kappa shape index (κ2) is 4.06. The second-order valence-electron chi connectivity index (χ2n) is 4.72. The number of nitrogens with zero attached hydrogens (tertiary/aromatic N) is 2. The van der Waals surface area contributed by atoms with Crippen LogP contribution in [-0.2, 0) is 5.41 Å². The van der Waals surface area contributed by atoms with E-state index in [1.807, 2.05) is 30.7 Å². The molecular weight excluding hydrogens is 216 g/mol. The quantitative estimate of drug-likeness (QED) is 0.786. The van der Waals surface area contributed by atoms with Gasteiger partial charge in [-0.1, -0.05) is 20.8 Å². The van der Waals surface area contributed by atoms with E-state index in [2.05, 4.69) is 42.5 Å². The third-order valence-electron chi connectivity index (χ3n) is 3.21. The average Bonchev–Trinajstić information content (AvgIpc) is 2.85. The van der Waals surface area contributed by atoms with Crippen LogP contribution in [0.5, 0.6) is 0 Å². The summed E-state index contributed by atoms with van der Waals surface area (Å²) < 4.78 is 2.14. The molecular formula is C13H18N2S. The minimum absolute atomic E-state index is 0.275. The van der Waals surface area contributed by atoms with E-state index in [-0.39, 0.29) is 5.41 Å². The Bertz CT molecular complexity index is 480. The SMILES string of the molecule is CCC(C)(C)c1ccc(-n2ccnc2C)s1. The van der Waals surface area contributed by atoms with Crippen molar-refractivity contribution in [2.45, 2.75) is 39.5 Å². The van der Waals surface area contributed by atoms with Crippen LogP contribution in [0.3, 0.4) is 0 Å². The van der Waals surface area contributed by atoms with Gasteiger partial charge in [-0.15, -0.1) is 11.3 Å². The monoisotopic (exact) mass is 234 g/mol. The van der Waals surface area contributed by atoms with Gasteiger partial charge in [-0.3, -0.25) is 4.57 Å². The molecule has 2 aromatic heterocycles. The van der Waals surface area contributed by atoms with Crippen molar-refractivity contribution in [3.05, 3.63) is 35.2 Å². The maximum absolute atomic E-state index is 4.25. The molecule has 16 heavy (non-hydrogen) atoms. The molecule has 0 radical (unpaired) electrons. The number of thiophene rings is 1. The van der Waals surface area contributed by atoms with E-state index in [9.17, 15) is 0 Å². The lowest BCUT2D eigenvalue weighted by atomic mass is 9.89. The minimum atomic E-state index is 0.275. The molecule has 86 valence electrons. The van der Waals surface area contributed by atoms with Crippen LogP contribution in [0.2, 0.25) is 0 Å². The largest absolute Gasteiger partial charge is 0.295 e. The zero-order valence-electron chi connectivity index (χ0n) is 10.3. The first-order chi connectivity index (χ1) is 7.54. The van der Waals surface area contributed by atoms with Gasteiger partial charge in [-0.25, -0.2) is 4.98 Å². The number of imidazole rings is 1. The highest BCUT2D eigenvalue weighted by Gasteiger charge is 2.20. The molecule has 2 nitrogen and oxygen atoms in total. The molecule has 0 fully saturated rings. The van der Waals surface area contributed by atoms with Crippen LogP contribution in [0.25, 0.3) is 5.00 Å². The molecule has 2 rings (SSSR count). The highest BCUT2D eigenvalue weighted by molar-refractivity contribution is 7.14. The zero-order chi connectivity index (χ0) is 11.8. The van der Waals surface area contributed by atoms with Gasteiger partial charge >= 0.3 is 0 Å². The number of aryl methyl sites for hydroxylation is 1. The van der Waals surface area contributed by atoms with Crippen LogP contribution >= 0.6 is 11.3 Å². The smallest absolute Gasteiger partial charge is 0.110 e. The topological polar surface area (TPSA) is 17.8 Å². The Balaban J connectivity index is 2.37. The molecule has 0 aliphatic carbocycles. The van der Waals surface area contributed by atoms with Crippen molar-refractivity contribution in [2.75, 3.05) is 0 Å². The van der Waals surface area contributed by atoms with E-state index in [1.165, 1.54) is 9.88 Å². The molecule has 0 saturated carbocycles. The fourth-order valence-electron chi connectivity index (χ4n) is 1.61. The summed E-state index contributed by atoms with van der Waals surface area (Å²) >= 11 is 1.86. The third kappa shape index (κ3) is 1.92. The Hall–Kier alpha value is -1.09. The Morgan fingerprint density at radius 1 is 1.38 bits per heavy atom. The molecule has 0 atom stereocenters. The van der Waals surface area contributed by atoms with Crippen LogP contribution in [0.4, 0.5) is 0 Å². The van der Waals surface area contributed by atoms with Crippen molar-refractivity contribution in [3.63, 3.8) is 0 Å². The van der Waals surface area contributed by atoms with E-state index in [1.54, 1.807) is 0 Å². The Labute approximate surface area is 101 Å². The van der Waals surface area contributed by atoms with Crippen molar-refractivity contribution in [1.29, 1.82) is 0 Å². The standard InChI is InChI=1S/C13H18N2S/c1-5-13(3,4)11-6-7-12(16-11)15-9-8-14-10(15)2/h6-9H,5H2,1-4H3. The van der Waals surface area contributed by atoms with E-state index in [0.29, 0.717) is 0 Å². The van der Waals surface area contributed by atoms with E-state index in [4.69, 9.17) is 0 Å². The van der Waals surface area contributed by atoms with E-state index < -0.39 is 0 Å². The first kappa shape index (κ1) is 11.4. The molecule has 2 aromatic rings. The number of aromatic nitrogens is 2. The van der Waals surface area contributed by atoms with Crippen LogP contribution in [-0.4, -0.2) is 9.55 Å². The van der Waals surface area contributed by atoms with E-state index >= 15 is 0 Å². The predicted octanol–water partition coefficient (Wildman–Crippen LogP) is 3.93. The third-order valence-corrected chi connectivity index (χ3v) is 4.66. The van der Waals surface area contributed by atoms with Gasteiger partial charge in [0.15, 0.2) is 0 Å². The summed E-state index contributed by atoms with van der Waals surface area (Å²) in [6, 6.07) is 4.43. The fraction of sp³-hybridized carbons (Fsp3) is 0.462. The van der Waals surface area contributed by atoms with Gasteiger partial charge in [0, 0.05) is 17.3 Å². The van der Waals surface area contributed by atoms with Crippen molar-refractivity contribution in [2.24, 2.45) is 0 Å². The molecule has 0 aliphatic heterocycles. The average molecular weight is 234 g/mol. The molecule has 0 unspecified atom stereocenters. The normalized spacial score (nSPS) is 12.0. The second-order valence-corrected chi connectivity index (χ2v) is 5.78. The molecule has 0 aromatic carbocycles. The lowest BCUT2D eigenvalue weighted by Gasteiger charge is -2.20. The number of rotatable bonds is 3.